The quantitative estimate of drug-likeness (QED) is 0.363. The number of nitrogens with zero attached hydrogens (tertiary/aromatic N) is 6. The molecule has 1 N–H and O–H groups in total. The lowest BCUT2D eigenvalue weighted by atomic mass is 10.3. The molecule has 0 fully saturated rings. The van der Waals surface area contributed by atoms with Gasteiger partial charge in [0.05, 0.1) is 25.7 Å². The maximum absolute atomic E-state index is 11.0. The molecule has 2 rings (SSSR count). The fraction of sp³-hybridized carbons (Fsp3) is 0.545. The highest BCUT2D eigenvalue weighted by molar-refractivity contribution is 7.85. The summed E-state index contributed by atoms with van der Waals surface area (Å²) in [6.45, 7) is 0.964. The van der Waals surface area contributed by atoms with Crippen LogP contribution in [0.2, 0.25) is 0 Å². The summed E-state index contributed by atoms with van der Waals surface area (Å²) in [6.07, 6.45) is 3.50. The standard InChI is InChI=1S/C11H16N6O6S/c1-8-12-3-11(17(19)20)15(8)4-9-5-16(14-13-9)10(6-18)7-23-24(2,21)22/h3,5,10,18H,4,6-7H2,1-2H3. The van der Waals surface area contributed by atoms with Gasteiger partial charge < -0.3 is 15.2 Å². The first-order valence-corrected chi connectivity index (χ1v) is 8.55. The van der Waals surface area contributed by atoms with Gasteiger partial charge in [0.1, 0.15) is 24.5 Å². The van der Waals surface area contributed by atoms with Crippen molar-refractivity contribution in [1.29, 1.82) is 0 Å². The minimum atomic E-state index is -3.65. The average Bonchev–Trinajstić information content (AvgIpc) is 3.07. The molecule has 0 bridgehead atoms. The van der Waals surface area contributed by atoms with Crippen LogP contribution >= 0.6 is 0 Å². The molecule has 0 spiro atoms. The molecule has 0 saturated carbocycles. The first-order chi connectivity index (χ1) is 11.2. The van der Waals surface area contributed by atoms with Crippen LogP contribution in [0.25, 0.3) is 0 Å². The van der Waals surface area contributed by atoms with E-state index in [1.54, 1.807) is 6.92 Å². The van der Waals surface area contributed by atoms with Crippen molar-refractivity contribution >= 4 is 15.9 Å². The van der Waals surface area contributed by atoms with E-state index in [-0.39, 0.29) is 19.0 Å². The van der Waals surface area contributed by atoms with Crippen molar-refractivity contribution in [1.82, 2.24) is 24.5 Å². The van der Waals surface area contributed by atoms with Gasteiger partial charge in [-0.05, 0) is 4.92 Å². The van der Waals surface area contributed by atoms with Gasteiger partial charge in [-0.2, -0.15) is 8.42 Å². The van der Waals surface area contributed by atoms with Gasteiger partial charge in [-0.25, -0.2) is 14.2 Å². The van der Waals surface area contributed by atoms with Crippen LogP contribution in [-0.2, 0) is 20.8 Å². The molecule has 1 atom stereocenters. The third-order valence-corrected chi connectivity index (χ3v) is 3.72. The van der Waals surface area contributed by atoms with Crippen molar-refractivity contribution in [2.24, 2.45) is 0 Å². The summed E-state index contributed by atoms with van der Waals surface area (Å²) in [5, 5.41) is 28.0. The maximum atomic E-state index is 11.0. The molecule has 0 aliphatic carbocycles. The number of aryl methyl sites for hydroxylation is 1. The fourth-order valence-electron chi connectivity index (χ4n) is 1.94. The number of hydrogen-bond acceptors (Lipinski definition) is 9. The highest BCUT2D eigenvalue weighted by atomic mass is 32.2. The molecular weight excluding hydrogens is 344 g/mol. The minimum absolute atomic E-state index is 0.0627. The van der Waals surface area contributed by atoms with Crippen LogP contribution in [0.3, 0.4) is 0 Å². The van der Waals surface area contributed by atoms with Crippen LogP contribution in [0.15, 0.2) is 12.4 Å². The first-order valence-electron chi connectivity index (χ1n) is 6.73. The third kappa shape index (κ3) is 4.33. The number of aliphatic hydroxyl groups excluding tert-OH is 1. The number of aromatic nitrogens is 5. The van der Waals surface area contributed by atoms with Crippen LogP contribution in [0.4, 0.5) is 5.82 Å². The Bertz CT molecular complexity index is 828. The Balaban J connectivity index is 2.15. The van der Waals surface area contributed by atoms with E-state index in [0.717, 1.165) is 12.5 Å². The Labute approximate surface area is 137 Å². The SMILES string of the molecule is Cc1ncc([N+](=O)[O-])n1Cc1cn(C(CO)COS(C)(=O)=O)nn1. The second kappa shape index (κ2) is 7.02. The van der Waals surface area contributed by atoms with Crippen LogP contribution in [0.1, 0.15) is 17.6 Å². The molecule has 2 heterocycles. The van der Waals surface area contributed by atoms with Crippen molar-refractivity contribution in [2.45, 2.75) is 19.5 Å². The largest absolute Gasteiger partial charge is 0.394 e. The molecule has 132 valence electrons. The molecule has 2 aromatic heterocycles. The molecule has 1 unspecified atom stereocenters. The van der Waals surface area contributed by atoms with Crippen molar-refractivity contribution < 1.29 is 22.6 Å². The van der Waals surface area contributed by atoms with E-state index in [1.807, 2.05) is 0 Å². The molecule has 24 heavy (non-hydrogen) atoms. The van der Waals surface area contributed by atoms with Crippen molar-refractivity contribution in [3.05, 3.63) is 34.0 Å². The van der Waals surface area contributed by atoms with E-state index in [4.69, 9.17) is 0 Å². The second-order valence-electron chi connectivity index (χ2n) is 5.02. The van der Waals surface area contributed by atoms with E-state index >= 15 is 0 Å². The predicted molar refractivity (Wildman–Crippen MR) is 79.7 cm³/mol. The second-order valence-corrected chi connectivity index (χ2v) is 6.67. The normalized spacial score (nSPS) is 13.1. The Morgan fingerprint density at radius 1 is 1.50 bits per heavy atom. The van der Waals surface area contributed by atoms with Crippen LogP contribution in [-0.4, -0.2) is 62.5 Å². The van der Waals surface area contributed by atoms with Crippen molar-refractivity contribution in [3.63, 3.8) is 0 Å². The lowest BCUT2D eigenvalue weighted by Gasteiger charge is -2.12. The molecule has 0 aromatic carbocycles. The topological polar surface area (TPSA) is 155 Å². The van der Waals surface area contributed by atoms with Crippen LogP contribution in [0, 0.1) is 17.0 Å². The number of hydrogen-bond donors (Lipinski definition) is 1. The highest BCUT2D eigenvalue weighted by Crippen LogP contribution is 2.16. The first kappa shape index (κ1) is 18.0. The molecule has 13 heteroatoms. The van der Waals surface area contributed by atoms with E-state index < -0.39 is 27.7 Å². The number of rotatable bonds is 8. The fourth-order valence-corrected chi connectivity index (χ4v) is 2.34. The zero-order chi connectivity index (χ0) is 17.9. The lowest BCUT2D eigenvalue weighted by Crippen LogP contribution is -2.21. The smallest absolute Gasteiger partial charge is 0.343 e. The van der Waals surface area contributed by atoms with Gasteiger partial charge >= 0.3 is 5.82 Å². The summed E-state index contributed by atoms with van der Waals surface area (Å²) in [7, 11) is -3.65. The number of imidazole rings is 1. The Morgan fingerprint density at radius 2 is 2.21 bits per heavy atom. The van der Waals surface area contributed by atoms with Crippen molar-refractivity contribution in [2.75, 3.05) is 19.5 Å². The van der Waals surface area contributed by atoms with Crippen LogP contribution in [0.5, 0.6) is 0 Å². The van der Waals surface area contributed by atoms with Gasteiger partial charge in [-0.1, -0.05) is 5.21 Å². The molecule has 12 nitrogen and oxygen atoms in total. The summed E-state index contributed by atoms with van der Waals surface area (Å²) >= 11 is 0. The van der Waals surface area contributed by atoms with E-state index in [2.05, 4.69) is 19.5 Å². The summed E-state index contributed by atoms with van der Waals surface area (Å²) in [5.41, 5.74) is 0.386. The number of nitro groups is 1. The monoisotopic (exact) mass is 360 g/mol. The highest BCUT2D eigenvalue weighted by Gasteiger charge is 2.20. The molecular formula is C11H16N6O6S. The van der Waals surface area contributed by atoms with Gasteiger partial charge in [-0.3, -0.25) is 4.18 Å². The van der Waals surface area contributed by atoms with Crippen LogP contribution < -0.4 is 0 Å². The zero-order valence-electron chi connectivity index (χ0n) is 12.9. The summed E-state index contributed by atoms with van der Waals surface area (Å²) < 4.78 is 29.3. The van der Waals surface area contributed by atoms with E-state index in [1.165, 1.54) is 15.4 Å². The van der Waals surface area contributed by atoms with Gasteiger partial charge in [0.2, 0.25) is 0 Å². The van der Waals surface area contributed by atoms with Gasteiger partial charge in [0.25, 0.3) is 10.1 Å². The summed E-state index contributed by atoms with van der Waals surface area (Å²) in [4.78, 5) is 14.3. The Hall–Kier alpha value is -2.38. The third-order valence-electron chi connectivity index (χ3n) is 3.16. The van der Waals surface area contributed by atoms with Gasteiger partial charge in [0, 0.05) is 6.92 Å². The molecule has 0 saturated heterocycles. The molecule has 0 aliphatic rings. The van der Waals surface area contributed by atoms with Crippen molar-refractivity contribution in [3.8, 4) is 0 Å². The Kier molecular flexibility index (Phi) is 5.26. The molecule has 0 radical (unpaired) electrons. The predicted octanol–water partition coefficient (Wildman–Crippen LogP) is -0.751. The lowest BCUT2D eigenvalue weighted by molar-refractivity contribution is -0.392. The summed E-state index contributed by atoms with van der Waals surface area (Å²) in [5.74, 6) is 0.261. The van der Waals surface area contributed by atoms with E-state index in [0.29, 0.717) is 11.5 Å². The molecule has 0 amide bonds. The molecule has 2 aromatic rings. The zero-order valence-corrected chi connectivity index (χ0v) is 13.7. The summed E-state index contributed by atoms with van der Waals surface area (Å²) in [6, 6.07) is -0.750. The van der Waals surface area contributed by atoms with Gasteiger partial charge in [0.15, 0.2) is 5.82 Å². The van der Waals surface area contributed by atoms with E-state index in [9.17, 15) is 23.6 Å². The maximum Gasteiger partial charge on any atom is 0.343 e. The number of aliphatic hydroxyl groups is 1. The average molecular weight is 360 g/mol. The van der Waals surface area contributed by atoms with Gasteiger partial charge in [-0.15, -0.1) is 5.10 Å². The molecule has 0 aliphatic heterocycles. The minimum Gasteiger partial charge on any atom is -0.394 e. The Morgan fingerprint density at radius 3 is 2.79 bits per heavy atom.